The Labute approximate surface area is 148 Å². The van der Waals surface area contributed by atoms with Crippen LogP contribution in [0.4, 0.5) is 5.69 Å². The Balaban J connectivity index is 1.93. The fraction of sp³-hybridized carbons (Fsp3) is 0.526. The van der Waals surface area contributed by atoms with Crippen LogP contribution >= 0.6 is 0 Å². The zero-order chi connectivity index (χ0) is 18.2. The fourth-order valence-corrected chi connectivity index (χ4v) is 2.75. The number of nitrogens with one attached hydrogen (secondary N) is 1. The van der Waals surface area contributed by atoms with E-state index in [9.17, 15) is 14.4 Å². The van der Waals surface area contributed by atoms with Gasteiger partial charge in [-0.25, -0.2) is 0 Å². The number of fused-ring (bicyclic) bond motifs is 1. The first-order valence-corrected chi connectivity index (χ1v) is 8.87. The first-order chi connectivity index (χ1) is 12.0. The Morgan fingerprint density at radius 1 is 1.24 bits per heavy atom. The van der Waals surface area contributed by atoms with Gasteiger partial charge in [-0.2, -0.15) is 0 Å². The number of benzene rings is 1. The van der Waals surface area contributed by atoms with E-state index in [0.29, 0.717) is 23.5 Å². The third kappa shape index (κ3) is 5.31. The molecule has 0 aromatic heterocycles. The minimum Gasteiger partial charge on any atom is -0.482 e. The van der Waals surface area contributed by atoms with Crippen LogP contribution in [0.15, 0.2) is 18.2 Å². The number of nitrogens with zero attached hydrogens (tertiary/aromatic N) is 1. The van der Waals surface area contributed by atoms with Crippen LogP contribution in [0.2, 0.25) is 0 Å². The predicted molar refractivity (Wildman–Crippen MR) is 96.1 cm³/mol. The normalized spacial score (nSPS) is 13.2. The maximum Gasteiger partial charge on any atom is 0.265 e. The first-order valence-electron chi connectivity index (χ1n) is 8.87. The highest BCUT2D eigenvalue weighted by molar-refractivity contribution is 6.01. The monoisotopic (exact) mass is 346 g/mol. The lowest BCUT2D eigenvalue weighted by Gasteiger charge is -2.29. The van der Waals surface area contributed by atoms with Crippen LogP contribution in [0, 0.1) is 0 Å². The van der Waals surface area contributed by atoms with E-state index in [4.69, 9.17) is 4.74 Å². The number of ether oxygens (including phenoxy) is 1. The van der Waals surface area contributed by atoms with Gasteiger partial charge in [0, 0.05) is 25.1 Å². The molecule has 2 rings (SSSR count). The molecule has 1 aromatic rings. The highest BCUT2D eigenvalue weighted by atomic mass is 16.5. The van der Waals surface area contributed by atoms with Crippen molar-refractivity contribution in [3.8, 4) is 5.75 Å². The van der Waals surface area contributed by atoms with Crippen LogP contribution in [0.25, 0.3) is 0 Å². The van der Waals surface area contributed by atoms with E-state index in [1.807, 2.05) is 0 Å². The molecule has 2 amide bonds. The van der Waals surface area contributed by atoms with E-state index < -0.39 is 0 Å². The first kappa shape index (κ1) is 19.0. The average Bonchev–Trinajstić information content (AvgIpc) is 2.60. The lowest BCUT2D eigenvalue weighted by molar-refractivity contribution is -0.122. The van der Waals surface area contributed by atoms with Crippen molar-refractivity contribution in [1.82, 2.24) is 5.32 Å². The molecule has 1 aliphatic rings. The van der Waals surface area contributed by atoms with Gasteiger partial charge in [-0.15, -0.1) is 0 Å². The minimum absolute atomic E-state index is 0.0505. The molecule has 0 saturated heterocycles. The maximum absolute atomic E-state index is 12.2. The minimum atomic E-state index is -0.205. The van der Waals surface area contributed by atoms with Gasteiger partial charge >= 0.3 is 0 Å². The Kier molecular flexibility index (Phi) is 6.98. The highest BCUT2D eigenvalue weighted by Crippen LogP contribution is 2.33. The molecule has 6 heteroatoms. The van der Waals surface area contributed by atoms with Crippen LogP contribution in [-0.4, -0.2) is 37.3 Å². The van der Waals surface area contributed by atoms with Gasteiger partial charge in [0.25, 0.3) is 5.91 Å². The molecule has 0 aliphatic carbocycles. The molecule has 6 nitrogen and oxygen atoms in total. The van der Waals surface area contributed by atoms with Crippen molar-refractivity contribution in [2.45, 2.75) is 46.0 Å². The zero-order valence-electron chi connectivity index (χ0n) is 15.0. The SMILES string of the molecule is CCCCCCNC(=O)CCN1C(=O)COc2ccc(C(C)=O)cc21. The van der Waals surface area contributed by atoms with Gasteiger partial charge in [0.05, 0.1) is 5.69 Å². The van der Waals surface area contributed by atoms with Crippen molar-refractivity contribution >= 4 is 23.3 Å². The van der Waals surface area contributed by atoms with Gasteiger partial charge in [0.15, 0.2) is 12.4 Å². The zero-order valence-corrected chi connectivity index (χ0v) is 15.0. The van der Waals surface area contributed by atoms with Gasteiger partial charge in [-0.05, 0) is 31.5 Å². The number of carbonyl (C=O) groups excluding carboxylic acids is 3. The number of rotatable bonds is 9. The summed E-state index contributed by atoms with van der Waals surface area (Å²) in [5.74, 6) is 0.208. The molecule has 0 fully saturated rings. The van der Waals surface area contributed by atoms with E-state index in [1.165, 1.54) is 18.2 Å². The Morgan fingerprint density at radius 3 is 2.76 bits per heavy atom. The number of unbranched alkanes of at least 4 members (excludes halogenated alkanes) is 3. The van der Waals surface area contributed by atoms with Crippen LogP contribution in [0.5, 0.6) is 5.75 Å². The molecule has 136 valence electrons. The summed E-state index contributed by atoms with van der Waals surface area (Å²) >= 11 is 0. The third-order valence-electron chi connectivity index (χ3n) is 4.22. The molecule has 0 atom stereocenters. The summed E-state index contributed by atoms with van der Waals surface area (Å²) in [6.45, 7) is 4.51. The second-order valence-corrected chi connectivity index (χ2v) is 6.23. The van der Waals surface area contributed by atoms with Gasteiger partial charge in [0.2, 0.25) is 5.91 Å². The second kappa shape index (κ2) is 9.20. The molecule has 1 aromatic carbocycles. The Hall–Kier alpha value is -2.37. The van der Waals surface area contributed by atoms with Crippen molar-refractivity contribution in [1.29, 1.82) is 0 Å². The summed E-state index contributed by atoms with van der Waals surface area (Å²) in [7, 11) is 0. The van der Waals surface area contributed by atoms with Crippen molar-refractivity contribution < 1.29 is 19.1 Å². The number of hydrogen-bond donors (Lipinski definition) is 1. The summed E-state index contributed by atoms with van der Waals surface area (Å²) in [6.07, 6.45) is 4.65. The molecular weight excluding hydrogens is 320 g/mol. The number of hydrogen-bond acceptors (Lipinski definition) is 4. The van der Waals surface area contributed by atoms with Gasteiger partial charge in [-0.1, -0.05) is 26.2 Å². The Bertz CT molecular complexity index is 642. The molecule has 1 heterocycles. The van der Waals surface area contributed by atoms with Crippen LogP contribution < -0.4 is 15.0 Å². The van der Waals surface area contributed by atoms with Gasteiger partial charge in [-0.3, -0.25) is 14.4 Å². The van der Waals surface area contributed by atoms with Crippen molar-refractivity contribution in [3.05, 3.63) is 23.8 Å². The quantitative estimate of drug-likeness (QED) is 0.551. The number of carbonyl (C=O) groups is 3. The van der Waals surface area contributed by atoms with Gasteiger partial charge in [0.1, 0.15) is 5.75 Å². The summed E-state index contributed by atoms with van der Waals surface area (Å²) in [5.41, 5.74) is 1.07. The molecule has 1 N–H and O–H groups in total. The van der Waals surface area contributed by atoms with Crippen LogP contribution in [0.3, 0.4) is 0 Å². The molecule has 1 aliphatic heterocycles. The third-order valence-corrected chi connectivity index (χ3v) is 4.22. The second-order valence-electron chi connectivity index (χ2n) is 6.23. The van der Waals surface area contributed by atoms with E-state index in [-0.39, 0.29) is 37.2 Å². The number of anilines is 1. The molecule has 0 spiro atoms. The summed E-state index contributed by atoms with van der Waals surface area (Å²) in [6, 6.07) is 5.02. The largest absolute Gasteiger partial charge is 0.482 e. The van der Waals surface area contributed by atoms with Crippen LogP contribution in [-0.2, 0) is 9.59 Å². The van der Waals surface area contributed by atoms with E-state index in [1.54, 1.807) is 18.2 Å². The van der Waals surface area contributed by atoms with E-state index >= 15 is 0 Å². The number of Topliss-reactive ketones (excluding diaryl/α,β-unsaturated/α-hetero) is 1. The van der Waals surface area contributed by atoms with Crippen LogP contribution in [0.1, 0.15) is 56.3 Å². The topological polar surface area (TPSA) is 75.7 Å². The fourth-order valence-electron chi connectivity index (χ4n) is 2.75. The maximum atomic E-state index is 12.2. The molecule has 0 unspecified atom stereocenters. The van der Waals surface area contributed by atoms with Crippen molar-refractivity contribution in [2.75, 3.05) is 24.6 Å². The molecule has 0 radical (unpaired) electrons. The standard InChI is InChI=1S/C19H26N2O4/c1-3-4-5-6-10-20-18(23)9-11-21-16-12-15(14(2)22)7-8-17(16)25-13-19(21)24/h7-8,12H,3-6,9-11,13H2,1-2H3,(H,20,23). The van der Waals surface area contributed by atoms with Crippen molar-refractivity contribution in [3.63, 3.8) is 0 Å². The lowest BCUT2D eigenvalue weighted by atomic mass is 10.1. The van der Waals surface area contributed by atoms with E-state index in [2.05, 4.69) is 12.2 Å². The molecular formula is C19H26N2O4. The smallest absolute Gasteiger partial charge is 0.265 e. The summed E-state index contributed by atoms with van der Waals surface area (Å²) < 4.78 is 5.41. The van der Waals surface area contributed by atoms with Gasteiger partial charge < -0.3 is 15.0 Å². The Morgan fingerprint density at radius 2 is 2.04 bits per heavy atom. The van der Waals surface area contributed by atoms with Crippen molar-refractivity contribution in [2.24, 2.45) is 0 Å². The molecule has 25 heavy (non-hydrogen) atoms. The molecule has 0 bridgehead atoms. The summed E-state index contributed by atoms with van der Waals surface area (Å²) in [5, 5.41) is 2.89. The number of amides is 2. The predicted octanol–water partition coefficient (Wildman–Crippen LogP) is 2.70. The number of ketones is 1. The average molecular weight is 346 g/mol. The van der Waals surface area contributed by atoms with E-state index in [0.717, 1.165) is 19.3 Å². The lowest BCUT2D eigenvalue weighted by Crippen LogP contribution is -2.41. The summed E-state index contributed by atoms with van der Waals surface area (Å²) in [4.78, 5) is 37.2. The molecule has 0 saturated carbocycles. The highest BCUT2D eigenvalue weighted by Gasteiger charge is 2.26.